The van der Waals surface area contributed by atoms with Crippen molar-refractivity contribution in [3.05, 3.63) is 90.0 Å². The van der Waals surface area contributed by atoms with Crippen molar-refractivity contribution in [2.45, 2.75) is 32.4 Å². The summed E-state index contributed by atoms with van der Waals surface area (Å²) in [7, 11) is 1.70. The van der Waals surface area contributed by atoms with Gasteiger partial charge in [0.25, 0.3) is 0 Å². The lowest BCUT2D eigenvalue weighted by atomic mass is 10.1. The van der Waals surface area contributed by atoms with Crippen molar-refractivity contribution < 1.29 is 14.3 Å². The lowest BCUT2D eigenvalue weighted by molar-refractivity contribution is -0.0159. The minimum atomic E-state index is -0.411. The summed E-state index contributed by atoms with van der Waals surface area (Å²) in [6, 6.07) is 26.4. The van der Waals surface area contributed by atoms with Gasteiger partial charge < -0.3 is 14.4 Å². The van der Waals surface area contributed by atoms with Gasteiger partial charge in [-0.3, -0.25) is 10.2 Å². The molecule has 0 aromatic heterocycles. The van der Waals surface area contributed by atoms with Gasteiger partial charge in [-0.15, -0.1) is 0 Å². The van der Waals surface area contributed by atoms with E-state index in [1.807, 2.05) is 60.7 Å². The van der Waals surface area contributed by atoms with Gasteiger partial charge in [0.05, 0.1) is 12.8 Å². The highest BCUT2D eigenvalue weighted by atomic mass is 16.6. The van der Waals surface area contributed by atoms with Gasteiger partial charge in [0.2, 0.25) is 0 Å². The van der Waals surface area contributed by atoms with Gasteiger partial charge in [-0.1, -0.05) is 67.9 Å². The van der Waals surface area contributed by atoms with Crippen molar-refractivity contribution >= 4 is 17.5 Å². The van der Waals surface area contributed by atoms with Crippen molar-refractivity contribution in [2.24, 2.45) is 0 Å². The molecular weight excluding hydrogens is 438 g/mol. The molecule has 0 radical (unpaired) electrons. The maximum Gasteiger partial charge on any atom is 0.413 e. The Morgan fingerprint density at radius 1 is 0.886 bits per heavy atom. The van der Waals surface area contributed by atoms with Crippen LogP contribution in [0.5, 0.6) is 5.75 Å². The molecule has 1 unspecified atom stereocenters. The lowest BCUT2D eigenvalue weighted by Crippen LogP contribution is -2.52. The number of hydrogen-bond acceptors (Lipinski definition) is 5. The average Bonchev–Trinajstić information content (AvgIpc) is 2.90. The molecule has 0 spiro atoms. The number of nitrogens with one attached hydrogen (secondary N) is 1. The quantitative estimate of drug-likeness (QED) is 0.427. The molecule has 6 heteroatoms. The van der Waals surface area contributed by atoms with Gasteiger partial charge in [-0.2, -0.15) is 0 Å². The van der Waals surface area contributed by atoms with E-state index in [4.69, 9.17) is 9.47 Å². The first kappa shape index (κ1) is 24.6. The van der Waals surface area contributed by atoms with Gasteiger partial charge in [0.1, 0.15) is 5.75 Å². The second kappa shape index (κ2) is 12.3. The van der Waals surface area contributed by atoms with Crippen LogP contribution in [0.25, 0.3) is 0 Å². The molecular formula is C29H35N3O3. The normalized spacial score (nSPS) is 14.9. The highest BCUT2D eigenvalue weighted by Crippen LogP contribution is 2.29. The van der Waals surface area contributed by atoms with Gasteiger partial charge in [0, 0.05) is 31.9 Å². The van der Waals surface area contributed by atoms with Crippen molar-refractivity contribution in [2.75, 3.05) is 43.5 Å². The number of amides is 1. The molecule has 1 atom stereocenters. The molecule has 0 aliphatic carbocycles. The minimum absolute atomic E-state index is 0.239. The smallest absolute Gasteiger partial charge is 0.413 e. The zero-order valence-corrected chi connectivity index (χ0v) is 20.7. The van der Waals surface area contributed by atoms with Crippen LogP contribution in [0, 0.1) is 0 Å². The summed E-state index contributed by atoms with van der Waals surface area (Å²) in [5, 5.41) is 2.90. The van der Waals surface area contributed by atoms with Crippen molar-refractivity contribution in [3.63, 3.8) is 0 Å². The van der Waals surface area contributed by atoms with Gasteiger partial charge in [0.15, 0.2) is 6.23 Å². The molecule has 35 heavy (non-hydrogen) atoms. The third-order valence-electron chi connectivity index (χ3n) is 6.38. The van der Waals surface area contributed by atoms with Crippen LogP contribution in [-0.4, -0.2) is 50.5 Å². The van der Waals surface area contributed by atoms with E-state index < -0.39 is 6.09 Å². The molecule has 1 fully saturated rings. The van der Waals surface area contributed by atoms with Crippen LogP contribution in [-0.2, 0) is 11.2 Å². The van der Waals surface area contributed by atoms with Crippen LogP contribution >= 0.6 is 0 Å². The van der Waals surface area contributed by atoms with E-state index in [1.165, 1.54) is 11.1 Å². The van der Waals surface area contributed by atoms with Gasteiger partial charge >= 0.3 is 6.09 Å². The van der Waals surface area contributed by atoms with E-state index in [0.29, 0.717) is 0 Å². The van der Waals surface area contributed by atoms with E-state index in [1.54, 1.807) is 7.11 Å². The molecule has 1 saturated heterocycles. The van der Waals surface area contributed by atoms with Crippen LogP contribution in [0.2, 0.25) is 0 Å². The van der Waals surface area contributed by atoms with E-state index in [9.17, 15) is 4.79 Å². The Morgan fingerprint density at radius 3 is 2.23 bits per heavy atom. The van der Waals surface area contributed by atoms with E-state index in [2.05, 4.69) is 40.2 Å². The van der Waals surface area contributed by atoms with Crippen LogP contribution in [0.4, 0.5) is 16.2 Å². The predicted molar refractivity (Wildman–Crippen MR) is 141 cm³/mol. The van der Waals surface area contributed by atoms with Crippen LogP contribution in [0.3, 0.4) is 0 Å². The monoisotopic (exact) mass is 473 g/mol. The summed E-state index contributed by atoms with van der Waals surface area (Å²) in [5.74, 6) is 0.886. The maximum atomic E-state index is 12.7. The fourth-order valence-electron chi connectivity index (χ4n) is 4.51. The van der Waals surface area contributed by atoms with E-state index in [-0.39, 0.29) is 6.23 Å². The third-order valence-corrected chi connectivity index (χ3v) is 6.38. The number of rotatable bonds is 9. The largest absolute Gasteiger partial charge is 0.495 e. The van der Waals surface area contributed by atoms with Gasteiger partial charge in [-0.05, 0) is 48.2 Å². The first-order valence-electron chi connectivity index (χ1n) is 12.4. The number of ether oxygens (including phenoxy) is 2. The number of para-hydroxylation sites is 2. The Kier molecular flexibility index (Phi) is 8.63. The molecule has 3 aromatic rings. The number of piperazine rings is 1. The maximum absolute atomic E-state index is 12.7. The Bertz CT molecular complexity index is 1060. The number of carbonyl (C=O) groups is 1. The van der Waals surface area contributed by atoms with Crippen molar-refractivity contribution in [1.29, 1.82) is 0 Å². The highest BCUT2D eigenvalue weighted by Gasteiger charge is 2.27. The molecule has 4 rings (SSSR count). The molecule has 1 aliphatic heterocycles. The summed E-state index contributed by atoms with van der Waals surface area (Å²) in [6.07, 6.45) is 1.96. The summed E-state index contributed by atoms with van der Waals surface area (Å²) in [6.45, 7) is 5.47. The fraction of sp³-hybridized carbons (Fsp3) is 0.345. The zero-order chi connectivity index (χ0) is 24.5. The molecule has 0 bridgehead atoms. The SMILES string of the molecule is CCCC(OC(=O)Nc1ccc(Cc2ccccc2)cc1)N1CCN(c2ccccc2OC)CC1. The molecule has 1 amide bonds. The van der Waals surface area contributed by atoms with Crippen molar-refractivity contribution in [3.8, 4) is 5.75 Å². The summed E-state index contributed by atoms with van der Waals surface area (Å²) in [5.41, 5.74) is 4.31. The zero-order valence-electron chi connectivity index (χ0n) is 20.7. The summed E-state index contributed by atoms with van der Waals surface area (Å²) in [4.78, 5) is 17.3. The summed E-state index contributed by atoms with van der Waals surface area (Å²) >= 11 is 0. The number of benzene rings is 3. The topological polar surface area (TPSA) is 54.0 Å². The molecule has 6 nitrogen and oxygen atoms in total. The van der Waals surface area contributed by atoms with Gasteiger partial charge in [-0.25, -0.2) is 4.79 Å². The molecule has 3 aromatic carbocycles. The second-order valence-corrected chi connectivity index (χ2v) is 8.83. The molecule has 0 saturated carbocycles. The molecule has 1 aliphatic rings. The molecule has 184 valence electrons. The summed E-state index contributed by atoms with van der Waals surface area (Å²) < 4.78 is 11.4. The average molecular weight is 474 g/mol. The Morgan fingerprint density at radius 2 is 1.54 bits per heavy atom. The molecule has 1 heterocycles. The lowest BCUT2D eigenvalue weighted by Gasteiger charge is -2.39. The number of carbonyl (C=O) groups excluding carboxylic acids is 1. The minimum Gasteiger partial charge on any atom is -0.495 e. The Hall–Kier alpha value is -3.51. The number of nitrogens with zero attached hydrogens (tertiary/aromatic N) is 2. The number of hydrogen-bond donors (Lipinski definition) is 1. The first-order chi connectivity index (χ1) is 17.2. The fourth-order valence-corrected chi connectivity index (χ4v) is 4.51. The predicted octanol–water partition coefficient (Wildman–Crippen LogP) is 5.78. The Balaban J connectivity index is 1.30. The Labute approximate surface area is 208 Å². The second-order valence-electron chi connectivity index (χ2n) is 8.83. The van der Waals surface area contributed by atoms with Crippen LogP contribution in [0.15, 0.2) is 78.9 Å². The number of methoxy groups -OCH3 is 1. The van der Waals surface area contributed by atoms with E-state index in [0.717, 1.165) is 62.6 Å². The standard InChI is InChI=1S/C29H35N3O3/c1-3-9-28(32-20-18-31(19-21-32)26-12-7-8-13-27(26)34-2)35-29(33)30-25-16-14-24(15-17-25)22-23-10-5-4-6-11-23/h4-8,10-17,28H,3,9,18-22H2,1-2H3,(H,30,33). The first-order valence-corrected chi connectivity index (χ1v) is 12.4. The van der Waals surface area contributed by atoms with Crippen LogP contribution < -0.4 is 15.0 Å². The third kappa shape index (κ3) is 6.76. The highest BCUT2D eigenvalue weighted by molar-refractivity contribution is 5.84. The van der Waals surface area contributed by atoms with Crippen LogP contribution in [0.1, 0.15) is 30.9 Å². The number of anilines is 2. The molecule has 1 N–H and O–H groups in total. The van der Waals surface area contributed by atoms with Crippen molar-refractivity contribution in [1.82, 2.24) is 4.90 Å². The van der Waals surface area contributed by atoms with E-state index >= 15 is 0 Å².